The van der Waals surface area contributed by atoms with Crippen molar-refractivity contribution < 1.29 is 17.9 Å². The van der Waals surface area contributed by atoms with E-state index in [1.807, 2.05) is 60.7 Å². The normalized spacial score (nSPS) is 13.6. The van der Waals surface area contributed by atoms with Crippen LogP contribution in [0.5, 0.6) is 5.75 Å². The third-order valence-corrected chi connectivity index (χ3v) is 9.84. The molecule has 10 heteroatoms. The zero-order valence-corrected chi connectivity index (χ0v) is 23.4. The molecule has 5 aromatic rings. The van der Waals surface area contributed by atoms with Crippen LogP contribution in [0.4, 0.5) is 5.13 Å². The summed E-state index contributed by atoms with van der Waals surface area (Å²) < 4.78 is 34.6. The van der Waals surface area contributed by atoms with E-state index in [0.717, 1.165) is 15.8 Å². The predicted molar refractivity (Wildman–Crippen MR) is 155 cm³/mol. The molecule has 0 unspecified atom stereocenters. The number of anilines is 1. The largest absolute Gasteiger partial charge is 0.497 e. The van der Waals surface area contributed by atoms with Crippen molar-refractivity contribution in [3.63, 3.8) is 0 Å². The third kappa shape index (κ3) is 5.08. The monoisotopic (exact) mass is 570 g/mol. The minimum absolute atomic E-state index is 0.159. The number of ether oxygens (including phenoxy) is 1. The van der Waals surface area contributed by atoms with Gasteiger partial charge in [-0.3, -0.25) is 14.7 Å². The number of carbonyl (C=O) groups excluding carboxylic acids is 1. The van der Waals surface area contributed by atoms with E-state index in [-0.39, 0.29) is 17.3 Å². The van der Waals surface area contributed by atoms with E-state index >= 15 is 0 Å². The number of fused-ring (bicyclic) bond motifs is 2. The van der Waals surface area contributed by atoms with E-state index < -0.39 is 10.0 Å². The van der Waals surface area contributed by atoms with Crippen LogP contribution in [0, 0.1) is 0 Å². The lowest BCUT2D eigenvalue weighted by molar-refractivity contribution is 0.0984. The number of hydrogen-bond donors (Lipinski definition) is 0. The number of pyridine rings is 1. The summed E-state index contributed by atoms with van der Waals surface area (Å²) in [7, 11) is -2.11. The first-order valence-electron chi connectivity index (χ1n) is 12.8. The maximum atomic E-state index is 13.8. The van der Waals surface area contributed by atoms with Gasteiger partial charge in [-0.1, -0.05) is 41.7 Å². The third-order valence-electron chi connectivity index (χ3n) is 6.94. The van der Waals surface area contributed by atoms with Gasteiger partial charge in [-0.2, -0.15) is 4.31 Å². The van der Waals surface area contributed by atoms with Crippen LogP contribution in [0.15, 0.2) is 96.0 Å². The summed E-state index contributed by atoms with van der Waals surface area (Å²) in [5.41, 5.74) is 4.01. The Hall–Kier alpha value is -4.12. The van der Waals surface area contributed by atoms with Crippen molar-refractivity contribution in [2.75, 3.05) is 18.6 Å². The zero-order valence-electron chi connectivity index (χ0n) is 21.7. The van der Waals surface area contributed by atoms with Gasteiger partial charge in [0.15, 0.2) is 5.13 Å². The number of carbonyl (C=O) groups is 1. The number of amides is 1. The highest BCUT2D eigenvalue weighted by atomic mass is 32.2. The quantitative estimate of drug-likeness (QED) is 0.264. The van der Waals surface area contributed by atoms with Crippen LogP contribution in [0.1, 0.15) is 27.2 Å². The standard InChI is InChI=1S/C30H26N4O4S2/c1-38-25-11-14-27-28(18-25)39-30(32-27)34(20-24-8-4-5-16-31-24)29(35)22-9-12-26(13-10-22)40(36,37)33-17-15-21-6-2-3-7-23(21)19-33/h2-14,16,18H,15,17,19-20H2,1H3. The van der Waals surface area contributed by atoms with Gasteiger partial charge in [0.1, 0.15) is 5.75 Å². The topological polar surface area (TPSA) is 92.7 Å². The van der Waals surface area contributed by atoms with E-state index in [1.165, 1.54) is 33.3 Å². The van der Waals surface area contributed by atoms with Gasteiger partial charge >= 0.3 is 0 Å². The van der Waals surface area contributed by atoms with Crippen LogP contribution in [-0.4, -0.2) is 42.3 Å². The molecule has 0 saturated carbocycles. The van der Waals surface area contributed by atoms with Crippen molar-refractivity contribution in [1.29, 1.82) is 0 Å². The fourth-order valence-electron chi connectivity index (χ4n) is 4.76. The number of sulfonamides is 1. The summed E-state index contributed by atoms with van der Waals surface area (Å²) in [5.74, 6) is 0.409. The summed E-state index contributed by atoms with van der Waals surface area (Å²) in [6.07, 6.45) is 2.35. The maximum Gasteiger partial charge on any atom is 0.260 e. The van der Waals surface area contributed by atoms with Crippen molar-refractivity contribution in [1.82, 2.24) is 14.3 Å². The van der Waals surface area contributed by atoms with Gasteiger partial charge in [-0.15, -0.1) is 0 Å². The number of methoxy groups -OCH3 is 1. The Balaban J connectivity index is 1.29. The molecule has 40 heavy (non-hydrogen) atoms. The smallest absolute Gasteiger partial charge is 0.260 e. The second-order valence-electron chi connectivity index (χ2n) is 9.42. The van der Waals surface area contributed by atoms with Gasteiger partial charge in [0.05, 0.1) is 34.5 Å². The molecule has 0 saturated heterocycles. The molecule has 3 aromatic carbocycles. The Kier molecular flexibility index (Phi) is 7.05. The number of aromatic nitrogens is 2. The number of rotatable bonds is 7. The SMILES string of the molecule is COc1ccc2nc(N(Cc3ccccn3)C(=O)c3ccc(S(=O)(=O)N4CCc5ccccc5C4)cc3)sc2c1. The predicted octanol–water partition coefficient (Wildman–Crippen LogP) is 5.29. The van der Waals surface area contributed by atoms with Crippen molar-refractivity contribution >= 4 is 42.6 Å². The number of nitrogens with zero attached hydrogens (tertiary/aromatic N) is 4. The lowest BCUT2D eigenvalue weighted by atomic mass is 10.0. The molecule has 202 valence electrons. The van der Waals surface area contributed by atoms with Gasteiger partial charge in [0.25, 0.3) is 5.91 Å². The fourth-order valence-corrected chi connectivity index (χ4v) is 7.18. The van der Waals surface area contributed by atoms with Crippen LogP contribution in [0.3, 0.4) is 0 Å². The van der Waals surface area contributed by atoms with Crippen molar-refractivity contribution in [2.24, 2.45) is 0 Å². The molecule has 0 atom stereocenters. The lowest BCUT2D eigenvalue weighted by Crippen LogP contribution is -2.36. The molecule has 0 radical (unpaired) electrons. The molecule has 0 bridgehead atoms. The molecule has 0 spiro atoms. The summed E-state index contributed by atoms with van der Waals surface area (Å²) in [6, 6.07) is 25.2. The molecule has 1 amide bonds. The van der Waals surface area contributed by atoms with Gasteiger partial charge in [0.2, 0.25) is 10.0 Å². The van der Waals surface area contributed by atoms with Crippen LogP contribution in [-0.2, 0) is 29.5 Å². The molecular formula is C30H26N4O4S2. The Morgan fingerprint density at radius 2 is 1.77 bits per heavy atom. The minimum Gasteiger partial charge on any atom is -0.497 e. The van der Waals surface area contributed by atoms with Gasteiger partial charge in [-0.05, 0) is 72.1 Å². The van der Waals surface area contributed by atoms with Crippen molar-refractivity contribution in [2.45, 2.75) is 24.4 Å². The summed E-state index contributed by atoms with van der Waals surface area (Å²) >= 11 is 1.38. The molecule has 1 aliphatic rings. The highest BCUT2D eigenvalue weighted by Gasteiger charge is 2.29. The van der Waals surface area contributed by atoms with E-state index in [0.29, 0.717) is 41.6 Å². The Labute approximate surface area is 236 Å². The number of benzene rings is 3. The number of thiazole rings is 1. The van der Waals surface area contributed by atoms with E-state index in [9.17, 15) is 13.2 Å². The summed E-state index contributed by atoms with van der Waals surface area (Å²) in [4.78, 5) is 24.7. The van der Waals surface area contributed by atoms with Crippen LogP contribution < -0.4 is 9.64 Å². The van der Waals surface area contributed by atoms with Crippen LogP contribution >= 0.6 is 11.3 Å². The molecule has 0 fully saturated rings. The highest BCUT2D eigenvalue weighted by molar-refractivity contribution is 7.89. The van der Waals surface area contributed by atoms with Crippen LogP contribution in [0.2, 0.25) is 0 Å². The first-order chi connectivity index (χ1) is 19.4. The van der Waals surface area contributed by atoms with E-state index in [1.54, 1.807) is 30.3 Å². The first kappa shape index (κ1) is 26.1. The first-order valence-corrected chi connectivity index (χ1v) is 15.0. The van der Waals surface area contributed by atoms with Gasteiger partial charge < -0.3 is 4.74 Å². The maximum absolute atomic E-state index is 13.8. The second kappa shape index (κ2) is 10.8. The molecule has 6 rings (SSSR count). The molecule has 8 nitrogen and oxygen atoms in total. The molecular weight excluding hydrogens is 544 g/mol. The van der Waals surface area contributed by atoms with Crippen molar-refractivity contribution in [3.05, 3.63) is 114 Å². The Bertz CT molecular complexity index is 1790. The lowest BCUT2D eigenvalue weighted by Gasteiger charge is -2.28. The van der Waals surface area contributed by atoms with Gasteiger partial charge in [-0.25, -0.2) is 13.4 Å². The van der Waals surface area contributed by atoms with E-state index in [4.69, 9.17) is 9.72 Å². The van der Waals surface area contributed by atoms with E-state index in [2.05, 4.69) is 4.98 Å². The Morgan fingerprint density at radius 3 is 2.52 bits per heavy atom. The average molecular weight is 571 g/mol. The molecule has 1 aliphatic heterocycles. The summed E-state index contributed by atoms with van der Waals surface area (Å²) in [6.45, 7) is 0.962. The molecule has 0 aliphatic carbocycles. The molecule has 3 heterocycles. The zero-order chi connectivity index (χ0) is 27.7. The molecule has 0 N–H and O–H groups in total. The fraction of sp³-hybridized carbons (Fsp3) is 0.167. The summed E-state index contributed by atoms with van der Waals surface area (Å²) in [5, 5.41) is 0.516. The van der Waals surface area contributed by atoms with Gasteiger partial charge in [0, 0.05) is 24.8 Å². The minimum atomic E-state index is -3.72. The van der Waals surface area contributed by atoms with Crippen LogP contribution in [0.25, 0.3) is 10.2 Å². The Morgan fingerprint density at radius 1 is 1.00 bits per heavy atom. The highest BCUT2D eigenvalue weighted by Crippen LogP contribution is 2.33. The molecule has 2 aromatic heterocycles. The van der Waals surface area contributed by atoms with Crippen molar-refractivity contribution in [3.8, 4) is 5.75 Å². The average Bonchev–Trinajstić information content (AvgIpc) is 3.43. The number of hydrogen-bond acceptors (Lipinski definition) is 7. The second-order valence-corrected chi connectivity index (χ2v) is 12.4.